The van der Waals surface area contributed by atoms with Gasteiger partial charge in [-0.3, -0.25) is 9.59 Å². The summed E-state index contributed by atoms with van der Waals surface area (Å²) in [5, 5.41) is 0. The number of carbonyl (C=O) groups excluding carboxylic acids is 3. The summed E-state index contributed by atoms with van der Waals surface area (Å²) in [5.41, 5.74) is 2.13. The van der Waals surface area contributed by atoms with Gasteiger partial charge in [-0.05, 0) is 36.0 Å². The van der Waals surface area contributed by atoms with E-state index in [0.717, 1.165) is 5.56 Å². The summed E-state index contributed by atoms with van der Waals surface area (Å²) in [6, 6.07) is 7.93. The molecule has 1 aliphatic rings. The van der Waals surface area contributed by atoms with Crippen molar-refractivity contribution < 1.29 is 23.9 Å². The SMILES string of the molecule is COC(=O)C1CCN(C(=O)COC(=O)/C=C/c2ccc(C(C)C)cc2)CC1. The van der Waals surface area contributed by atoms with Crippen molar-refractivity contribution in [2.45, 2.75) is 32.6 Å². The van der Waals surface area contributed by atoms with E-state index in [2.05, 4.69) is 13.8 Å². The highest BCUT2D eigenvalue weighted by Crippen LogP contribution is 2.18. The Kier molecular flexibility index (Phi) is 7.58. The second-order valence-electron chi connectivity index (χ2n) is 6.94. The normalized spacial score (nSPS) is 15.2. The average Bonchev–Trinajstić information content (AvgIpc) is 2.70. The average molecular weight is 373 g/mol. The van der Waals surface area contributed by atoms with Crippen LogP contribution < -0.4 is 0 Å². The number of likely N-dealkylation sites (tertiary alicyclic amines) is 1. The quantitative estimate of drug-likeness (QED) is 0.566. The molecule has 0 N–H and O–H groups in total. The van der Waals surface area contributed by atoms with Crippen molar-refractivity contribution in [3.05, 3.63) is 41.5 Å². The van der Waals surface area contributed by atoms with Gasteiger partial charge >= 0.3 is 11.9 Å². The molecule has 0 spiro atoms. The van der Waals surface area contributed by atoms with Crippen LogP contribution in [0, 0.1) is 5.92 Å². The second-order valence-corrected chi connectivity index (χ2v) is 6.94. The van der Waals surface area contributed by atoms with Crippen LogP contribution in [0.15, 0.2) is 30.3 Å². The smallest absolute Gasteiger partial charge is 0.331 e. The molecule has 1 heterocycles. The van der Waals surface area contributed by atoms with Crippen molar-refractivity contribution in [2.24, 2.45) is 5.92 Å². The number of amides is 1. The van der Waals surface area contributed by atoms with E-state index in [9.17, 15) is 14.4 Å². The Hall–Kier alpha value is -2.63. The highest BCUT2D eigenvalue weighted by molar-refractivity contribution is 5.89. The third kappa shape index (κ3) is 6.24. The summed E-state index contributed by atoms with van der Waals surface area (Å²) in [6.45, 7) is 4.88. The molecule has 2 rings (SSSR count). The van der Waals surface area contributed by atoms with Crippen molar-refractivity contribution in [1.82, 2.24) is 4.90 Å². The molecule has 0 atom stereocenters. The van der Waals surface area contributed by atoms with Crippen LogP contribution in [-0.2, 0) is 23.9 Å². The maximum Gasteiger partial charge on any atom is 0.331 e. The van der Waals surface area contributed by atoms with Crippen molar-refractivity contribution in [3.8, 4) is 0 Å². The van der Waals surface area contributed by atoms with E-state index >= 15 is 0 Å². The van der Waals surface area contributed by atoms with Crippen LogP contribution >= 0.6 is 0 Å². The summed E-state index contributed by atoms with van der Waals surface area (Å²) in [5.74, 6) is -0.745. The van der Waals surface area contributed by atoms with Gasteiger partial charge in [0.1, 0.15) is 0 Å². The maximum atomic E-state index is 12.1. The van der Waals surface area contributed by atoms with E-state index in [1.807, 2.05) is 24.3 Å². The molecule has 6 heteroatoms. The van der Waals surface area contributed by atoms with Gasteiger partial charge in [0.25, 0.3) is 5.91 Å². The number of benzene rings is 1. The number of carbonyl (C=O) groups is 3. The maximum absolute atomic E-state index is 12.1. The van der Waals surface area contributed by atoms with Crippen molar-refractivity contribution in [1.29, 1.82) is 0 Å². The summed E-state index contributed by atoms with van der Waals surface area (Å²) in [6.07, 6.45) is 4.12. The highest BCUT2D eigenvalue weighted by Gasteiger charge is 2.28. The lowest BCUT2D eigenvalue weighted by Gasteiger charge is -2.30. The van der Waals surface area contributed by atoms with Gasteiger partial charge in [-0.25, -0.2) is 4.79 Å². The van der Waals surface area contributed by atoms with Crippen LogP contribution in [0.4, 0.5) is 0 Å². The molecule has 6 nitrogen and oxygen atoms in total. The number of rotatable bonds is 6. The largest absolute Gasteiger partial charge is 0.469 e. The zero-order chi connectivity index (χ0) is 19.8. The number of ether oxygens (including phenoxy) is 2. The fourth-order valence-corrected chi connectivity index (χ4v) is 2.96. The first-order valence-electron chi connectivity index (χ1n) is 9.21. The molecule has 27 heavy (non-hydrogen) atoms. The van der Waals surface area contributed by atoms with Gasteiger partial charge < -0.3 is 14.4 Å². The van der Waals surface area contributed by atoms with Crippen LogP contribution in [0.3, 0.4) is 0 Å². The summed E-state index contributed by atoms with van der Waals surface area (Å²) < 4.78 is 9.75. The van der Waals surface area contributed by atoms with Gasteiger partial charge in [-0.1, -0.05) is 38.1 Å². The summed E-state index contributed by atoms with van der Waals surface area (Å²) in [4.78, 5) is 37.1. The molecule has 0 unspecified atom stereocenters. The molecule has 0 saturated carbocycles. The molecular weight excluding hydrogens is 346 g/mol. The minimum Gasteiger partial charge on any atom is -0.469 e. The van der Waals surface area contributed by atoms with Crippen molar-refractivity contribution in [3.63, 3.8) is 0 Å². The lowest BCUT2D eigenvalue weighted by molar-refractivity contribution is -0.151. The zero-order valence-corrected chi connectivity index (χ0v) is 16.1. The van der Waals surface area contributed by atoms with Crippen LogP contribution in [0.5, 0.6) is 0 Å². The van der Waals surface area contributed by atoms with Crippen LogP contribution in [0.1, 0.15) is 43.7 Å². The van der Waals surface area contributed by atoms with E-state index in [1.165, 1.54) is 18.7 Å². The first-order chi connectivity index (χ1) is 12.9. The highest BCUT2D eigenvalue weighted by atomic mass is 16.5. The molecule has 0 bridgehead atoms. The lowest BCUT2D eigenvalue weighted by Crippen LogP contribution is -2.42. The van der Waals surface area contributed by atoms with Gasteiger partial charge in [0.2, 0.25) is 0 Å². The third-order valence-corrected chi connectivity index (χ3v) is 4.74. The Labute approximate surface area is 160 Å². The van der Waals surface area contributed by atoms with E-state index < -0.39 is 5.97 Å². The van der Waals surface area contributed by atoms with E-state index in [0.29, 0.717) is 31.8 Å². The number of hydrogen-bond donors (Lipinski definition) is 0. The Morgan fingerprint density at radius 1 is 1.15 bits per heavy atom. The Morgan fingerprint density at radius 2 is 1.78 bits per heavy atom. The minimum atomic E-state index is -0.555. The van der Waals surface area contributed by atoms with Gasteiger partial charge in [0.15, 0.2) is 6.61 Å². The van der Waals surface area contributed by atoms with Crippen LogP contribution in [0.25, 0.3) is 6.08 Å². The fourth-order valence-electron chi connectivity index (χ4n) is 2.96. The molecule has 1 aromatic carbocycles. The molecule has 1 amide bonds. The van der Waals surface area contributed by atoms with E-state index in [-0.39, 0.29) is 24.4 Å². The molecule has 146 valence electrons. The summed E-state index contributed by atoms with van der Waals surface area (Å²) >= 11 is 0. The molecule has 1 saturated heterocycles. The number of hydrogen-bond acceptors (Lipinski definition) is 5. The van der Waals surface area contributed by atoms with Crippen LogP contribution in [-0.4, -0.2) is 49.6 Å². The Balaban J connectivity index is 1.75. The number of piperidine rings is 1. The van der Waals surface area contributed by atoms with Gasteiger partial charge in [0, 0.05) is 19.2 Å². The predicted octanol–water partition coefficient (Wildman–Crippen LogP) is 2.78. The molecule has 0 aliphatic carbocycles. The van der Waals surface area contributed by atoms with Gasteiger partial charge in [0.05, 0.1) is 13.0 Å². The molecule has 1 fully saturated rings. The molecule has 0 radical (unpaired) electrons. The lowest BCUT2D eigenvalue weighted by atomic mass is 9.97. The van der Waals surface area contributed by atoms with Gasteiger partial charge in [-0.2, -0.15) is 0 Å². The Bertz CT molecular complexity index is 685. The monoisotopic (exact) mass is 373 g/mol. The van der Waals surface area contributed by atoms with Crippen LogP contribution in [0.2, 0.25) is 0 Å². The van der Waals surface area contributed by atoms with Crippen molar-refractivity contribution in [2.75, 3.05) is 26.8 Å². The minimum absolute atomic E-state index is 0.161. The predicted molar refractivity (Wildman–Crippen MR) is 102 cm³/mol. The topological polar surface area (TPSA) is 72.9 Å². The first kappa shape index (κ1) is 20.7. The fraction of sp³-hybridized carbons (Fsp3) is 0.476. The number of methoxy groups -OCH3 is 1. The second kappa shape index (κ2) is 9.90. The zero-order valence-electron chi connectivity index (χ0n) is 16.1. The molecule has 1 aliphatic heterocycles. The Morgan fingerprint density at radius 3 is 2.33 bits per heavy atom. The summed E-state index contributed by atoms with van der Waals surface area (Å²) in [7, 11) is 1.37. The third-order valence-electron chi connectivity index (χ3n) is 4.74. The van der Waals surface area contributed by atoms with Gasteiger partial charge in [-0.15, -0.1) is 0 Å². The molecular formula is C21H27NO5. The van der Waals surface area contributed by atoms with E-state index in [4.69, 9.17) is 9.47 Å². The number of nitrogens with zero attached hydrogens (tertiary/aromatic N) is 1. The van der Waals surface area contributed by atoms with E-state index in [1.54, 1.807) is 11.0 Å². The number of esters is 2. The standard InChI is InChI=1S/C21H27NO5/c1-15(2)17-7-4-16(5-8-17)6-9-20(24)27-14-19(23)22-12-10-18(11-13-22)21(25)26-3/h4-9,15,18H,10-14H2,1-3H3/b9-6+. The first-order valence-corrected chi connectivity index (χ1v) is 9.21. The molecule has 0 aromatic heterocycles. The molecule has 1 aromatic rings. The van der Waals surface area contributed by atoms with Crippen molar-refractivity contribution >= 4 is 23.9 Å².